The van der Waals surface area contributed by atoms with E-state index in [0.29, 0.717) is 11.3 Å². The Balaban J connectivity index is 1.79. The van der Waals surface area contributed by atoms with E-state index in [1.807, 2.05) is 0 Å². The van der Waals surface area contributed by atoms with E-state index in [4.69, 9.17) is 4.74 Å². The first-order chi connectivity index (χ1) is 13.4. The molecule has 11 heteroatoms. The van der Waals surface area contributed by atoms with Gasteiger partial charge in [0.15, 0.2) is 11.5 Å². The zero-order valence-electron chi connectivity index (χ0n) is 14.7. The number of methoxy groups -OCH3 is 1. The van der Waals surface area contributed by atoms with E-state index in [1.54, 1.807) is 12.1 Å². The number of urea groups is 1. The topological polar surface area (TPSA) is 155 Å². The highest BCUT2D eigenvalue weighted by Crippen LogP contribution is 2.25. The third-order valence-corrected chi connectivity index (χ3v) is 3.33. The molecule has 2 aromatic carbocycles. The molecule has 0 saturated heterocycles. The minimum absolute atomic E-state index is 0.0720. The van der Waals surface area contributed by atoms with Crippen molar-refractivity contribution in [3.8, 4) is 11.5 Å². The molecule has 0 radical (unpaired) electrons. The molecule has 2 aromatic rings. The monoisotopic (exact) mass is 387 g/mol. The lowest BCUT2D eigenvalue weighted by atomic mass is 10.2. The van der Waals surface area contributed by atoms with Gasteiger partial charge in [0.25, 0.3) is 11.6 Å². The number of benzene rings is 2. The van der Waals surface area contributed by atoms with Crippen molar-refractivity contribution in [1.29, 1.82) is 0 Å². The molecule has 0 aliphatic heterocycles. The first-order valence-corrected chi connectivity index (χ1v) is 7.87. The average molecular weight is 387 g/mol. The van der Waals surface area contributed by atoms with Crippen LogP contribution in [-0.2, 0) is 4.79 Å². The van der Waals surface area contributed by atoms with Crippen LogP contribution >= 0.6 is 0 Å². The van der Waals surface area contributed by atoms with Gasteiger partial charge in [0.1, 0.15) is 6.54 Å². The zero-order chi connectivity index (χ0) is 20.5. The molecule has 3 amide bonds. The summed E-state index contributed by atoms with van der Waals surface area (Å²) < 4.78 is 4.91. The van der Waals surface area contributed by atoms with Gasteiger partial charge < -0.3 is 20.5 Å². The minimum Gasteiger partial charge on any atom is -0.504 e. The number of phenolic OH excluding ortho intramolecular Hbond substituents is 1. The highest BCUT2D eigenvalue weighted by atomic mass is 16.6. The van der Waals surface area contributed by atoms with Crippen LogP contribution < -0.4 is 20.8 Å². The van der Waals surface area contributed by atoms with E-state index in [0.717, 1.165) is 0 Å². The number of aromatic hydroxyl groups is 1. The number of amides is 3. The molecule has 0 atom stereocenters. The van der Waals surface area contributed by atoms with Gasteiger partial charge in [-0.1, -0.05) is 6.07 Å². The van der Waals surface area contributed by atoms with Crippen molar-refractivity contribution in [3.63, 3.8) is 0 Å². The number of anilines is 1. The fourth-order valence-electron chi connectivity index (χ4n) is 2.04. The van der Waals surface area contributed by atoms with Gasteiger partial charge in [-0.15, -0.1) is 0 Å². The Kier molecular flexibility index (Phi) is 6.86. The summed E-state index contributed by atoms with van der Waals surface area (Å²) in [5.41, 5.74) is 2.77. The number of nitrogens with zero attached hydrogens (tertiary/aromatic N) is 2. The Morgan fingerprint density at radius 1 is 1.29 bits per heavy atom. The largest absolute Gasteiger partial charge is 0.504 e. The van der Waals surface area contributed by atoms with Crippen LogP contribution in [0.4, 0.5) is 16.2 Å². The highest BCUT2D eigenvalue weighted by molar-refractivity contribution is 5.92. The average Bonchev–Trinajstić information content (AvgIpc) is 2.67. The maximum Gasteiger partial charge on any atom is 0.319 e. The number of carbonyl (C=O) groups excluding carboxylic acids is 2. The number of rotatable bonds is 7. The van der Waals surface area contributed by atoms with Crippen molar-refractivity contribution in [2.75, 3.05) is 19.0 Å². The molecule has 11 nitrogen and oxygen atoms in total. The van der Waals surface area contributed by atoms with Crippen molar-refractivity contribution >= 4 is 29.5 Å². The van der Waals surface area contributed by atoms with E-state index in [9.17, 15) is 24.8 Å². The Bertz CT molecular complexity index is 915. The molecule has 146 valence electrons. The SMILES string of the molecule is COc1ccc(/C=N\NC(=O)CNC(=O)Nc2cccc([N+](=O)[O-])c2)cc1O. The second kappa shape index (κ2) is 9.52. The standard InChI is InChI=1S/C17H17N5O6/c1-28-15-6-5-11(7-14(15)23)9-19-21-16(24)10-18-17(25)20-12-3-2-4-13(8-12)22(26)27/h2-9,23H,10H2,1H3,(H,21,24)(H2,18,20,25)/b19-9-. The van der Waals surface area contributed by atoms with Gasteiger partial charge >= 0.3 is 6.03 Å². The second-order valence-electron chi connectivity index (χ2n) is 5.34. The van der Waals surface area contributed by atoms with Crippen LogP contribution in [-0.4, -0.2) is 41.8 Å². The maximum atomic E-state index is 11.7. The lowest BCUT2D eigenvalue weighted by Crippen LogP contribution is -2.37. The smallest absolute Gasteiger partial charge is 0.319 e. The molecule has 0 bridgehead atoms. The number of ether oxygens (including phenoxy) is 1. The molecule has 4 N–H and O–H groups in total. The number of nitro groups is 1. The molecule has 0 spiro atoms. The third kappa shape index (κ3) is 5.98. The van der Waals surface area contributed by atoms with E-state index >= 15 is 0 Å². The van der Waals surface area contributed by atoms with Gasteiger partial charge in [-0.05, 0) is 29.8 Å². The predicted molar refractivity (Wildman–Crippen MR) is 101 cm³/mol. The van der Waals surface area contributed by atoms with Crippen LogP contribution in [0.3, 0.4) is 0 Å². The maximum absolute atomic E-state index is 11.7. The number of hydrazone groups is 1. The van der Waals surface area contributed by atoms with E-state index in [2.05, 4.69) is 21.2 Å². The van der Waals surface area contributed by atoms with Crippen molar-refractivity contribution in [2.24, 2.45) is 5.10 Å². The second-order valence-corrected chi connectivity index (χ2v) is 5.34. The lowest BCUT2D eigenvalue weighted by Gasteiger charge is -2.06. The molecule has 0 aliphatic rings. The number of non-ortho nitro benzene ring substituents is 1. The van der Waals surface area contributed by atoms with Crippen molar-refractivity contribution in [2.45, 2.75) is 0 Å². The molecule has 0 aliphatic carbocycles. The van der Waals surface area contributed by atoms with Crippen LogP contribution in [0.15, 0.2) is 47.6 Å². The van der Waals surface area contributed by atoms with E-state index < -0.39 is 16.9 Å². The Morgan fingerprint density at radius 2 is 2.07 bits per heavy atom. The van der Waals surface area contributed by atoms with Gasteiger partial charge in [0, 0.05) is 17.8 Å². The Hall–Kier alpha value is -4.15. The summed E-state index contributed by atoms with van der Waals surface area (Å²) in [7, 11) is 1.42. The van der Waals surface area contributed by atoms with Crippen LogP contribution in [0.25, 0.3) is 0 Å². The molecular weight excluding hydrogens is 370 g/mol. The summed E-state index contributed by atoms with van der Waals surface area (Å²) in [6.45, 7) is -0.369. The molecule has 0 unspecified atom stereocenters. The summed E-state index contributed by atoms with van der Waals surface area (Å²) in [4.78, 5) is 33.5. The Labute approximate surface area is 159 Å². The third-order valence-electron chi connectivity index (χ3n) is 3.33. The zero-order valence-corrected chi connectivity index (χ0v) is 14.7. The summed E-state index contributed by atoms with van der Waals surface area (Å²) in [6.07, 6.45) is 1.31. The van der Waals surface area contributed by atoms with Crippen molar-refractivity contribution in [1.82, 2.24) is 10.7 Å². The van der Waals surface area contributed by atoms with Crippen molar-refractivity contribution < 1.29 is 24.4 Å². The fraction of sp³-hybridized carbons (Fsp3) is 0.118. The van der Waals surface area contributed by atoms with E-state index in [-0.39, 0.29) is 23.7 Å². The number of nitro benzene ring substituents is 1. The molecular formula is C17H17N5O6. The van der Waals surface area contributed by atoms with Crippen molar-refractivity contribution in [3.05, 3.63) is 58.1 Å². The highest BCUT2D eigenvalue weighted by Gasteiger charge is 2.09. The summed E-state index contributed by atoms with van der Waals surface area (Å²) >= 11 is 0. The van der Waals surface area contributed by atoms with Gasteiger partial charge in [-0.3, -0.25) is 14.9 Å². The number of phenols is 1. The lowest BCUT2D eigenvalue weighted by molar-refractivity contribution is -0.384. The van der Waals surface area contributed by atoms with Crippen LogP contribution in [0.1, 0.15) is 5.56 Å². The number of nitrogens with one attached hydrogen (secondary N) is 3. The molecule has 0 saturated carbocycles. The number of hydrogen-bond acceptors (Lipinski definition) is 7. The molecule has 0 aromatic heterocycles. The molecule has 2 rings (SSSR count). The number of hydrogen-bond donors (Lipinski definition) is 4. The molecule has 0 fully saturated rings. The minimum atomic E-state index is -0.709. The quantitative estimate of drug-likeness (QED) is 0.321. The molecule has 28 heavy (non-hydrogen) atoms. The summed E-state index contributed by atoms with van der Waals surface area (Å²) in [5, 5.41) is 28.7. The van der Waals surface area contributed by atoms with Crippen LogP contribution in [0.2, 0.25) is 0 Å². The first-order valence-electron chi connectivity index (χ1n) is 7.87. The van der Waals surface area contributed by atoms with Gasteiger partial charge in [-0.2, -0.15) is 5.10 Å². The normalized spacial score (nSPS) is 10.3. The fourth-order valence-corrected chi connectivity index (χ4v) is 2.04. The predicted octanol–water partition coefficient (Wildman–Crippen LogP) is 1.58. The van der Waals surface area contributed by atoms with Gasteiger partial charge in [-0.25, -0.2) is 10.2 Å². The first kappa shape index (κ1) is 20.2. The van der Waals surface area contributed by atoms with Gasteiger partial charge in [0.2, 0.25) is 0 Å². The number of carbonyl (C=O) groups is 2. The summed E-state index contributed by atoms with van der Waals surface area (Å²) in [5.74, 6) is -0.361. The van der Waals surface area contributed by atoms with Crippen LogP contribution in [0.5, 0.6) is 11.5 Å². The molecule has 0 heterocycles. The van der Waals surface area contributed by atoms with E-state index in [1.165, 1.54) is 43.7 Å². The Morgan fingerprint density at radius 3 is 2.75 bits per heavy atom. The van der Waals surface area contributed by atoms with Crippen LogP contribution in [0, 0.1) is 10.1 Å². The van der Waals surface area contributed by atoms with Gasteiger partial charge in [0.05, 0.1) is 18.2 Å². The summed E-state index contributed by atoms with van der Waals surface area (Å²) in [6, 6.07) is 9.23.